The summed E-state index contributed by atoms with van der Waals surface area (Å²) in [7, 11) is -4.42. The summed E-state index contributed by atoms with van der Waals surface area (Å²) in [6, 6.07) is 10.8. The molecule has 0 aliphatic rings. The van der Waals surface area contributed by atoms with Crippen LogP contribution in [-0.4, -0.2) is 13.0 Å². The van der Waals surface area contributed by atoms with Crippen molar-refractivity contribution in [2.45, 2.75) is 88.9 Å². The first-order valence-electron chi connectivity index (χ1n) is 10.5. The molecule has 0 aromatic heterocycles. The number of aryl methyl sites for hydroxylation is 1. The van der Waals surface area contributed by atoms with Crippen LogP contribution in [0, 0.1) is 0 Å². The molecule has 0 fully saturated rings. The Balaban J connectivity index is 0.00000392. The first-order valence-corrected chi connectivity index (χ1v) is 11.9. The van der Waals surface area contributed by atoms with Gasteiger partial charge in [0.25, 0.3) is 0 Å². The van der Waals surface area contributed by atoms with Gasteiger partial charge in [-0.2, -0.15) is 0 Å². The van der Waals surface area contributed by atoms with Gasteiger partial charge >= 0.3 is 29.6 Å². The standard InChI is InChI=1S/C23H34O3S.Na/c1-2-3-4-5-6-7-8-9-10-11-12-15-20-18-22(27(24,25)26)19-21-16-13-14-17-23(20)21;/h13-14,16-19H,2-12,15H2,1H3,(H,24,25,26);/q;+1/p-1. The molecule has 28 heavy (non-hydrogen) atoms. The zero-order chi connectivity index (χ0) is 19.5. The van der Waals surface area contributed by atoms with Gasteiger partial charge in [0.15, 0.2) is 0 Å². The summed E-state index contributed by atoms with van der Waals surface area (Å²) in [4.78, 5) is -0.112. The van der Waals surface area contributed by atoms with Crippen LogP contribution in [0.3, 0.4) is 0 Å². The molecule has 0 saturated carbocycles. The van der Waals surface area contributed by atoms with Crippen molar-refractivity contribution in [3.05, 3.63) is 42.0 Å². The molecule has 0 heterocycles. The fraction of sp³-hybridized carbons (Fsp3) is 0.565. The minimum Gasteiger partial charge on any atom is -0.744 e. The second-order valence-corrected chi connectivity index (χ2v) is 8.92. The number of hydrogen-bond acceptors (Lipinski definition) is 3. The Bertz CT molecular complexity index is 803. The summed E-state index contributed by atoms with van der Waals surface area (Å²) in [5.74, 6) is 0. The molecule has 0 atom stereocenters. The van der Waals surface area contributed by atoms with E-state index in [1.165, 1.54) is 63.9 Å². The molecule has 0 aliphatic carbocycles. The monoisotopic (exact) mass is 412 g/mol. The fourth-order valence-corrected chi connectivity index (χ4v) is 4.25. The van der Waals surface area contributed by atoms with Crippen molar-refractivity contribution in [1.82, 2.24) is 0 Å². The molecule has 0 bridgehead atoms. The minimum absolute atomic E-state index is 0. The van der Waals surface area contributed by atoms with Crippen LogP contribution in [0.25, 0.3) is 10.8 Å². The molecule has 0 unspecified atom stereocenters. The van der Waals surface area contributed by atoms with Crippen LogP contribution in [0.5, 0.6) is 0 Å². The third-order valence-electron chi connectivity index (χ3n) is 5.26. The maximum absolute atomic E-state index is 11.4. The van der Waals surface area contributed by atoms with Crippen molar-refractivity contribution in [1.29, 1.82) is 0 Å². The first-order chi connectivity index (χ1) is 13.0. The SMILES string of the molecule is CCCCCCCCCCCCCc1cc(S(=O)(=O)[O-])cc2ccccc12.[Na+]. The summed E-state index contributed by atoms with van der Waals surface area (Å²) in [5, 5.41) is 1.88. The summed E-state index contributed by atoms with van der Waals surface area (Å²) in [6.45, 7) is 2.25. The Morgan fingerprint density at radius 3 is 1.89 bits per heavy atom. The molecule has 0 amide bonds. The Kier molecular flexibility index (Phi) is 12.6. The van der Waals surface area contributed by atoms with Gasteiger partial charge in [-0.25, -0.2) is 8.42 Å². The van der Waals surface area contributed by atoms with E-state index in [0.717, 1.165) is 35.6 Å². The van der Waals surface area contributed by atoms with E-state index in [4.69, 9.17) is 0 Å². The second kappa shape index (κ2) is 13.8. The van der Waals surface area contributed by atoms with Gasteiger partial charge in [0.1, 0.15) is 10.1 Å². The molecule has 2 aromatic rings. The van der Waals surface area contributed by atoms with Crippen LogP contribution in [0.2, 0.25) is 0 Å². The number of fused-ring (bicyclic) bond motifs is 1. The average molecular weight is 413 g/mol. The fourth-order valence-electron chi connectivity index (χ4n) is 3.69. The van der Waals surface area contributed by atoms with E-state index >= 15 is 0 Å². The predicted molar refractivity (Wildman–Crippen MR) is 112 cm³/mol. The van der Waals surface area contributed by atoms with Crippen LogP contribution in [-0.2, 0) is 16.5 Å². The zero-order valence-electron chi connectivity index (χ0n) is 17.6. The van der Waals surface area contributed by atoms with E-state index in [-0.39, 0.29) is 34.5 Å². The number of rotatable bonds is 13. The Morgan fingerprint density at radius 1 is 0.786 bits per heavy atom. The minimum atomic E-state index is -4.42. The summed E-state index contributed by atoms with van der Waals surface area (Å²) in [6.07, 6.45) is 15.0. The normalized spacial score (nSPS) is 11.5. The van der Waals surface area contributed by atoms with E-state index < -0.39 is 10.1 Å². The largest absolute Gasteiger partial charge is 1.00 e. The third kappa shape index (κ3) is 8.96. The van der Waals surface area contributed by atoms with Crippen LogP contribution < -0.4 is 29.6 Å². The molecule has 2 aromatic carbocycles. The molecule has 2 rings (SSSR count). The Labute approximate surface area is 193 Å². The molecule has 0 radical (unpaired) electrons. The quantitative estimate of drug-likeness (QED) is 0.287. The van der Waals surface area contributed by atoms with Crippen molar-refractivity contribution in [3.63, 3.8) is 0 Å². The van der Waals surface area contributed by atoms with Gasteiger partial charge in [0.05, 0.1) is 4.90 Å². The number of hydrogen-bond donors (Lipinski definition) is 0. The van der Waals surface area contributed by atoms with Gasteiger partial charge in [-0.3, -0.25) is 0 Å². The van der Waals surface area contributed by atoms with Crippen LogP contribution in [0.1, 0.15) is 83.1 Å². The number of unbranched alkanes of at least 4 members (excludes halogenated alkanes) is 10. The molecule has 0 saturated heterocycles. The van der Waals surface area contributed by atoms with Crippen molar-refractivity contribution >= 4 is 20.9 Å². The van der Waals surface area contributed by atoms with E-state index in [2.05, 4.69) is 6.92 Å². The smallest absolute Gasteiger partial charge is 0.744 e. The molecule has 0 aliphatic heterocycles. The topological polar surface area (TPSA) is 57.2 Å². The summed E-state index contributed by atoms with van der Waals surface area (Å²) in [5.41, 5.74) is 0.971. The van der Waals surface area contributed by atoms with E-state index in [1.807, 2.05) is 24.3 Å². The number of benzene rings is 2. The second-order valence-electron chi connectivity index (χ2n) is 7.54. The van der Waals surface area contributed by atoms with Crippen molar-refractivity contribution in [2.75, 3.05) is 0 Å². The molecule has 0 N–H and O–H groups in total. The average Bonchev–Trinajstić information content (AvgIpc) is 2.65. The van der Waals surface area contributed by atoms with Crippen molar-refractivity contribution < 1.29 is 42.5 Å². The van der Waals surface area contributed by atoms with Gasteiger partial charge in [-0.1, -0.05) is 95.4 Å². The van der Waals surface area contributed by atoms with E-state index in [1.54, 1.807) is 6.07 Å². The van der Waals surface area contributed by atoms with Gasteiger partial charge in [-0.05, 0) is 41.3 Å². The van der Waals surface area contributed by atoms with E-state index in [9.17, 15) is 13.0 Å². The third-order valence-corrected chi connectivity index (χ3v) is 6.07. The Morgan fingerprint density at radius 2 is 1.32 bits per heavy atom. The molecule has 150 valence electrons. The van der Waals surface area contributed by atoms with Crippen molar-refractivity contribution in [2.24, 2.45) is 0 Å². The Hall–Kier alpha value is -0.390. The van der Waals surface area contributed by atoms with Gasteiger partial charge in [0.2, 0.25) is 0 Å². The summed E-state index contributed by atoms with van der Waals surface area (Å²) >= 11 is 0. The maximum Gasteiger partial charge on any atom is 1.00 e. The van der Waals surface area contributed by atoms with E-state index in [0.29, 0.717) is 0 Å². The molecule has 5 heteroatoms. The van der Waals surface area contributed by atoms with Crippen molar-refractivity contribution in [3.8, 4) is 0 Å². The van der Waals surface area contributed by atoms with Gasteiger partial charge < -0.3 is 4.55 Å². The molecular weight excluding hydrogens is 379 g/mol. The van der Waals surface area contributed by atoms with Crippen LogP contribution in [0.15, 0.2) is 41.3 Å². The van der Waals surface area contributed by atoms with Gasteiger partial charge in [0, 0.05) is 0 Å². The molecule has 3 nitrogen and oxygen atoms in total. The van der Waals surface area contributed by atoms with Crippen LogP contribution >= 0.6 is 0 Å². The summed E-state index contributed by atoms with van der Waals surface area (Å²) < 4.78 is 34.3. The zero-order valence-corrected chi connectivity index (χ0v) is 20.4. The van der Waals surface area contributed by atoms with Crippen LogP contribution in [0.4, 0.5) is 0 Å². The van der Waals surface area contributed by atoms with Gasteiger partial charge in [-0.15, -0.1) is 0 Å². The molecule has 0 spiro atoms. The first kappa shape index (κ1) is 25.6. The maximum atomic E-state index is 11.4. The molecular formula is C23H33NaO3S. The predicted octanol–water partition coefficient (Wildman–Crippen LogP) is 3.60.